The molecule has 2 nitrogen and oxygen atoms in total. The summed E-state index contributed by atoms with van der Waals surface area (Å²) in [4.78, 5) is 12.2. The normalized spacial score (nSPS) is 19.2. The van der Waals surface area contributed by atoms with Gasteiger partial charge in [0.05, 0.1) is 6.42 Å². The monoisotopic (exact) mass is 224 g/mol. The highest BCUT2D eigenvalue weighted by atomic mass is 32.1. The van der Waals surface area contributed by atoms with Crippen LogP contribution in [0.1, 0.15) is 37.0 Å². The summed E-state index contributed by atoms with van der Waals surface area (Å²) in [6.45, 7) is 0. The van der Waals surface area contributed by atoms with E-state index in [-0.39, 0.29) is 5.41 Å². The second kappa shape index (κ2) is 4.35. The van der Waals surface area contributed by atoms with E-state index in [1.807, 2.05) is 6.07 Å². The molecule has 1 aliphatic carbocycles. The zero-order valence-electron chi connectivity index (χ0n) is 8.74. The Labute approximate surface area is 93.9 Å². The second-order valence-corrected chi connectivity index (χ2v) is 5.57. The average Bonchev–Trinajstić information content (AvgIpc) is 2.76. The van der Waals surface area contributed by atoms with Crippen molar-refractivity contribution in [2.24, 2.45) is 5.41 Å². The van der Waals surface area contributed by atoms with Gasteiger partial charge in [-0.1, -0.05) is 18.9 Å². The van der Waals surface area contributed by atoms with E-state index in [2.05, 4.69) is 11.4 Å². The summed E-state index contributed by atoms with van der Waals surface area (Å²) < 4.78 is 0. The van der Waals surface area contributed by atoms with E-state index in [4.69, 9.17) is 5.11 Å². The zero-order valence-corrected chi connectivity index (χ0v) is 9.55. The molecule has 0 spiro atoms. The van der Waals surface area contributed by atoms with Crippen molar-refractivity contribution in [1.82, 2.24) is 0 Å². The van der Waals surface area contributed by atoms with E-state index in [0.717, 1.165) is 19.3 Å². The van der Waals surface area contributed by atoms with Gasteiger partial charge in [0, 0.05) is 4.88 Å². The van der Waals surface area contributed by atoms with Crippen LogP contribution in [-0.4, -0.2) is 11.1 Å². The summed E-state index contributed by atoms with van der Waals surface area (Å²) in [5, 5.41) is 11.0. The van der Waals surface area contributed by atoms with Gasteiger partial charge >= 0.3 is 5.97 Å². The molecule has 82 valence electrons. The number of carboxylic acid groups (broad SMARTS) is 1. The van der Waals surface area contributed by atoms with Gasteiger partial charge in [0.15, 0.2) is 0 Å². The first-order valence-electron chi connectivity index (χ1n) is 5.44. The molecule has 0 unspecified atom stereocenters. The van der Waals surface area contributed by atoms with Gasteiger partial charge in [0.25, 0.3) is 0 Å². The molecule has 0 radical (unpaired) electrons. The van der Waals surface area contributed by atoms with Crippen LogP contribution in [0.3, 0.4) is 0 Å². The standard InChI is InChI=1S/C12H16O2S/c13-11(14)9-12(5-1-2-6-12)8-10-4-3-7-15-10/h3-4,7H,1-2,5-6,8-9H2,(H,13,14). The Morgan fingerprint density at radius 1 is 1.47 bits per heavy atom. The first-order chi connectivity index (χ1) is 7.20. The fourth-order valence-corrected chi connectivity index (χ4v) is 3.52. The fourth-order valence-electron chi connectivity index (χ4n) is 2.64. The SMILES string of the molecule is O=C(O)CC1(Cc2cccs2)CCCC1. The number of hydrogen-bond acceptors (Lipinski definition) is 2. The smallest absolute Gasteiger partial charge is 0.303 e. The third-order valence-electron chi connectivity index (χ3n) is 3.32. The van der Waals surface area contributed by atoms with E-state index >= 15 is 0 Å². The van der Waals surface area contributed by atoms with Crippen LogP contribution >= 0.6 is 11.3 Å². The molecule has 1 fully saturated rings. The molecule has 0 aromatic carbocycles. The largest absolute Gasteiger partial charge is 0.481 e. The Balaban J connectivity index is 2.09. The molecule has 1 N–H and O–H groups in total. The lowest BCUT2D eigenvalue weighted by atomic mass is 9.79. The van der Waals surface area contributed by atoms with Crippen LogP contribution < -0.4 is 0 Å². The van der Waals surface area contributed by atoms with Crippen molar-refractivity contribution in [3.8, 4) is 0 Å². The van der Waals surface area contributed by atoms with Crippen molar-refractivity contribution in [2.75, 3.05) is 0 Å². The summed E-state index contributed by atoms with van der Waals surface area (Å²) in [5.41, 5.74) is 0.0523. The Hall–Kier alpha value is -0.830. The number of thiophene rings is 1. The molecular formula is C12H16O2S. The van der Waals surface area contributed by atoms with Crippen molar-refractivity contribution >= 4 is 17.3 Å². The third-order valence-corrected chi connectivity index (χ3v) is 4.20. The highest BCUT2D eigenvalue weighted by Gasteiger charge is 2.36. The van der Waals surface area contributed by atoms with E-state index < -0.39 is 5.97 Å². The predicted molar refractivity (Wildman–Crippen MR) is 61.2 cm³/mol. The van der Waals surface area contributed by atoms with Gasteiger partial charge in [-0.15, -0.1) is 11.3 Å². The summed E-state index contributed by atoms with van der Waals surface area (Å²) >= 11 is 1.74. The number of rotatable bonds is 4. The third kappa shape index (κ3) is 2.59. The first kappa shape index (κ1) is 10.7. The van der Waals surface area contributed by atoms with Gasteiger partial charge in [-0.05, 0) is 36.1 Å². The summed E-state index contributed by atoms with van der Waals surface area (Å²) in [7, 11) is 0. The van der Waals surface area contributed by atoms with E-state index in [1.54, 1.807) is 11.3 Å². The van der Waals surface area contributed by atoms with Gasteiger partial charge in [-0.2, -0.15) is 0 Å². The predicted octanol–water partition coefficient (Wildman–Crippen LogP) is 3.33. The van der Waals surface area contributed by atoms with E-state index in [1.165, 1.54) is 17.7 Å². The minimum atomic E-state index is -0.645. The zero-order chi connectivity index (χ0) is 10.7. The quantitative estimate of drug-likeness (QED) is 0.851. The Bertz CT molecular complexity index is 323. The molecular weight excluding hydrogens is 208 g/mol. The van der Waals surface area contributed by atoms with Gasteiger partial charge < -0.3 is 5.11 Å². The average molecular weight is 224 g/mol. The van der Waals surface area contributed by atoms with Gasteiger partial charge in [0.2, 0.25) is 0 Å². The van der Waals surface area contributed by atoms with Crippen LogP contribution in [0.15, 0.2) is 17.5 Å². The minimum Gasteiger partial charge on any atom is -0.481 e. The van der Waals surface area contributed by atoms with Crippen molar-refractivity contribution in [3.63, 3.8) is 0 Å². The Morgan fingerprint density at radius 3 is 2.73 bits per heavy atom. The summed E-state index contributed by atoms with van der Waals surface area (Å²) in [6.07, 6.45) is 5.84. The van der Waals surface area contributed by atoms with Gasteiger partial charge in [-0.25, -0.2) is 0 Å². The molecule has 1 aromatic heterocycles. The Kier molecular flexibility index (Phi) is 3.10. The first-order valence-corrected chi connectivity index (χ1v) is 6.32. The Morgan fingerprint density at radius 2 is 2.20 bits per heavy atom. The lowest BCUT2D eigenvalue weighted by Crippen LogP contribution is -2.23. The van der Waals surface area contributed by atoms with Crippen molar-refractivity contribution in [2.45, 2.75) is 38.5 Å². The van der Waals surface area contributed by atoms with E-state index in [9.17, 15) is 4.79 Å². The molecule has 15 heavy (non-hydrogen) atoms. The minimum absolute atomic E-state index is 0.0523. The molecule has 0 aliphatic heterocycles. The number of aliphatic carboxylic acids is 1. The lowest BCUT2D eigenvalue weighted by Gasteiger charge is -2.26. The number of hydrogen-bond donors (Lipinski definition) is 1. The number of carbonyl (C=O) groups is 1. The van der Waals surface area contributed by atoms with Crippen LogP contribution in [0.25, 0.3) is 0 Å². The summed E-state index contributed by atoms with van der Waals surface area (Å²) in [6, 6.07) is 4.16. The van der Waals surface area contributed by atoms with Crippen LogP contribution in [0.5, 0.6) is 0 Å². The topological polar surface area (TPSA) is 37.3 Å². The molecule has 1 saturated carbocycles. The van der Waals surface area contributed by atoms with Crippen LogP contribution in [0.2, 0.25) is 0 Å². The molecule has 3 heteroatoms. The van der Waals surface area contributed by atoms with Crippen molar-refractivity contribution in [1.29, 1.82) is 0 Å². The molecule has 0 bridgehead atoms. The molecule has 1 aromatic rings. The second-order valence-electron chi connectivity index (χ2n) is 4.53. The molecule has 1 aliphatic rings. The lowest BCUT2D eigenvalue weighted by molar-refractivity contribution is -0.139. The van der Waals surface area contributed by atoms with E-state index in [0.29, 0.717) is 6.42 Å². The molecule has 1 heterocycles. The highest BCUT2D eigenvalue weighted by molar-refractivity contribution is 7.09. The maximum Gasteiger partial charge on any atom is 0.303 e. The van der Waals surface area contributed by atoms with Gasteiger partial charge in [0.1, 0.15) is 0 Å². The van der Waals surface area contributed by atoms with Crippen molar-refractivity contribution in [3.05, 3.63) is 22.4 Å². The summed E-state index contributed by atoms with van der Waals surface area (Å²) in [5.74, 6) is -0.645. The number of carboxylic acids is 1. The van der Waals surface area contributed by atoms with Crippen molar-refractivity contribution < 1.29 is 9.90 Å². The van der Waals surface area contributed by atoms with Crippen LogP contribution in [0.4, 0.5) is 0 Å². The van der Waals surface area contributed by atoms with Gasteiger partial charge in [-0.3, -0.25) is 4.79 Å². The van der Waals surface area contributed by atoms with Crippen LogP contribution in [0, 0.1) is 5.41 Å². The maximum atomic E-state index is 10.9. The molecule has 0 amide bonds. The van der Waals surface area contributed by atoms with Crippen LogP contribution in [-0.2, 0) is 11.2 Å². The molecule has 0 saturated heterocycles. The maximum absolute atomic E-state index is 10.9. The fraction of sp³-hybridized carbons (Fsp3) is 0.583. The molecule has 0 atom stereocenters. The molecule has 2 rings (SSSR count). The highest BCUT2D eigenvalue weighted by Crippen LogP contribution is 2.44.